The molecule has 0 unspecified atom stereocenters. The van der Waals surface area contributed by atoms with Crippen molar-refractivity contribution in [1.82, 2.24) is 25.1 Å². The van der Waals surface area contributed by atoms with Gasteiger partial charge >= 0.3 is 0 Å². The third-order valence-electron chi connectivity index (χ3n) is 7.07. The van der Waals surface area contributed by atoms with Crippen molar-refractivity contribution in [1.29, 1.82) is 0 Å². The Balaban J connectivity index is 1.19. The van der Waals surface area contributed by atoms with Gasteiger partial charge in [-0.25, -0.2) is 0 Å². The summed E-state index contributed by atoms with van der Waals surface area (Å²) in [5.41, 5.74) is 0.770. The van der Waals surface area contributed by atoms with Crippen molar-refractivity contribution in [2.24, 2.45) is 17.8 Å². The molecule has 1 atom stereocenters. The van der Waals surface area contributed by atoms with Gasteiger partial charge in [0.05, 0.1) is 10.1 Å². The van der Waals surface area contributed by atoms with Gasteiger partial charge in [-0.3, -0.25) is 4.79 Å². The third kappa shape index (κ3) is 3.24. The molecule has 30 heavy (non-hydrogen) atoms. The van der Waals surface area contributed by atoms with E-state index in [2.05, 4.69) is 15.5 Å². The van der Waals surface area contributed by atoms with E-state index < -0.39 is 0 Å². The van der Waals surface area contributed by atoms with Crippen LogP contribution in [-0.2, 0) is 4.79 Å². The van der Waals surface area contributed by atoms with Gasteiger partial charge in [0.2, 0.25) is 5.91 Å². The van der Waals surface area contributed by atoms with E-state index in [9.17, 15) is 4.79 Å². The molecule has 0 saturated heterocycles. The summed E-state index contributed by atoms with van der Waals surface area (Å²) in [7, 11) is 0. The van der Waals surface area contributed by atoms with Gasteiger partial charge in [0, 0.05) is 5.54 Å². The number of thiophene rings is 1. The maximum absolute atomic E-state index is 13.1. The number of carbonyl (C=O) groups excluding carboxylic acids is 1. The second kappa shape index (κ2) is 7.05. The van der Waals surface area contributed by atoms with E-state index in [1.165, 1.54) is 50.3 Å². The molecule has 4 fully saturated rings. The lowest BCUT2D eigenvalue weighted by atomic mass is 9.53. The van der Waals surface area contributed by atoms with Crippen molar-refractivity contribution in [3.63, 3.8) is 0 Å². The number of fused-ring (bicyclic) bond motifs is 1. The van der Waals surface area contributed by atoms with Crippen LogP contribution in [0, 0.1) is 17.8 Å². The Kier molecular flexibility index (Phi) is 4.42. The van der Waals surface area contributed by atoms with Crippen LogP contribution in [0.15, 0.2) is 34.7 Å². The minimum atomic E-state index is -0.190. The molecule has 0 aromatic carbocycles. The molecule has 0 aliphatic heterocycles. The molecule has 156 valence electrons. The predicted molar refractivity (Wildman–Crippen MR) is 118 cm³/mol. The van der Waals surface area contributed by atoms with Gasteiger partial charge < -0.3 is 5.32 Å². The molecule has 4 aliphatic rings. The largest absolute Gasteiger partial charge is 0.350 e. The highest BCUT2D eigenvalue weighted by Crippen LogP contribution is 2.55. The summed E-state index contributed by atoms with van der Waals surface area (Å²) in [6.45, 7) is 1.98. The SMILES string of the molecule is C[C@@H](Sc1ccc2nnc(-c3cccs3)n2n1)C(=O)NC12C[C@H]3C[C@H](C1)C[C@@H](C2)C3. The van der Waals surface area contributed by atoms with Gasteiger partial charge in [-0.05, 0) is 86.8 Å². The molecule has 4 saturated carbocycles. The number of aromatic nitrogens is 4. The first kappa shape index (κ1) is 18.8. The molecule has 8 heteroatoms. The van der Waals surface area contributed by atoms with E-state index in [1.54, 1.807) is 15.9 Å². The van der Waals surface area contributed by atoms with E-state index in [4.69, 9.17) is 5.10 Å². The molecular formula is C22H25N5OS2. The fourth-order valence-corrected chi connectivity index (χ4v) is 7.75. The minimum Gasteiger partial charge on any atom is -0.350 e. The van der Waals surface area contributed by atoms with Gasteiger partial charge in [-0.2, -0.15) is 9.61 Å². The van der Waals surface area contributed by atoms with E-state index >= 15 is 0 Å². The smallest absolute Gasteiger partial charge is 0.233 e. The molecular weight excluding hydrogens is 414 g/mol. The van der Waals surface area contributed by atoms with Crippen molar-refractivity contribution >= 4 is 34.7 Å². The Labute approximate surface area is 183 Å². The Hall–Kier alpha value is -1.93. The fraction of sp³-hybridized carbons (Fsp3) is 0.545. The van der Waals surface area contributed by atoms with Crippen molar-refractivity contribution in [2.45, 2.75) is 61.3 Å². The average molecular weight is 440 g/mol. The molecule has 4 bridgehead atoms. The number of carbonyl (C=O) groups is 1. The van der Waals surface area contributed by atoms with E-state index in [1.807, 2.05) is 36.6 Å². The average Bonchev–Trinajstić information content (AvgIpc) is 3.35. The molecule has 7 rings (SSSR count). The van der Waals surface area contributed by atoms with E-state index in [-0.39, 0.29) is 16.7 Å². The van der Waals surface area contributed by atoms with Crippen LogP contribution < -0.4 is 5.32 Å². The molecule has 3 aromatic rings. The van der Waals surface area contributed by atoms with Crippen molar-refractivity contribution < 1.29 is 4.79 Å². The lowest BCUT2D eigenvalue weighted by molar-refractivity contribution is -0.126. The van der Waals surface area contributed by atoms with Crippen LogP contribution in [0.1, 0.15) is 45.4 Å². The Morgan fingerprint density at radius 3 is 2.57 bits per heavy atom. The third-order valence-corrected chi connectivity index (χ3v) is 8.97. The van der Waals surface area contributed by atoms with Crippen LogP contribution in [0.4, 0.5) is 0 Å². The number of amides is 1. The number of nitrogens with zero attached hydrogens (tertiary/aromatic N) is 4. The first-order valence-corrected chi connectivity index (χ1v) is 12.6. The van der Waals surface area contributed by atoms with Crippen molar-refractivity contribution in [3.8, 4) is 10.7 Å². The Morgan fingerprint density at radius 1 is 1.17 bits per heavy atom. The highest BCUT2D eigenvalue weighted by atomic mass is 32.2. The lowest BCUT2D eigenvalue weighted by Crippen LogP contribution is -2.60. The quantitative estimate of drug-likeness (QED) is 0.596. The van der Waals surface area contributed by atoms with Crippen molar-refractivity contribution in [2.75, 3.05) is 0 Å². The first-order valence-electron chi connectivity index (χ1n) is 10.8. The first-order chi connectivity index (χ1) is 14.6. The second-order valence-electron chi connectivity index (χ2n) is 9.39. The predicted octanol–water partition coefficient (Wildman–Crippen LogP) is 4.42. The molecule has 4 aliphatic carbocycles. The van der Waals surface area contributed by atoms with Crippen LogP contribution in [0.25, 0.3) is 16.3 Å². The highest BCUT2D eigenvalue weighted by molar-refractivity contribution is 8.00. The summed E-state index contributed by atoms with van der Waals surface area (Å²) in [6, 6.07) is 7.87. The summed E-state index contributed by atoms with van der Waals surface area (Å²) in [5.74, 6) is 3.37. The highest BCUT2D eigenvalue weighted by Gasteiger charge is 2.51. The molecule has 0 radical (unpaired) electrons. The van der Waals surface area contributed by atoms with Crippen LogP contribution in [-0.4, -0.2) is 36.5 Å². The van der Waals surface area contributed by atoms with Gasteiger partial charge in [-0.1, -0.05) is 17.8 Å². The Morgan fingerprint density at radius 2 is 1.90 bits per heavy atom. The zero-order valence-electron chi connectivity index (χ0n) is 17.0. The lowest BCUT2D eigenvalue weighted by Gasteiger charge is -2.57. The van der Waals surface area contributed by atoms with Crippen molar-refractivity contribution in [3.05, 3.63) is 29.6 Å². The van der Waals surface area contributed by atoms with E-state index in [0.29, 0.717) is 5.65 Å². The zero-order chi connectivity index (χ0) is 20.3. The van der Waals surface area contributed by atoms with Crippen LogP contribution in [0.5, 0.6) is 0 Å². The molecule has 1 amide bonds. The number of nitrogens with one attached hydrogen (secondary N) is 1. The zero-order valence-corrected chi connectivity index (χ0v) is 18.6. The summed E-state index contributed by atoms with van der Waals surface area (Å²) in [5, 5.41) is 19.4. The fourth-order valence-electron chi connectivity index (χ4n) is 6.26. The van der Waals surface area contributed by atoms with Gasteiger partial charge in [-0.15, -0.1) is 21.5 Å². The van der Waals surface area contributed by atoms with Crippen LogP contribution >= 0.6 is 23.1 Å². The minimum absolute atomic E-state index is 0.0542. The van der Waals surface area contributed by atoms with Gasteiger partial charge in [0.25, 0.3) is 0 Å². The maximum atomic E-state index is 13.1. The van der Waals surface area contributed by atoms with Crippen LogP contribution in [0.2, 0.25) is 0 Å². The molecule has 1 N–H and O–H groups in total. The second-order valence-corrected chi connectivity index (χ2v) is 11.7. The van der Waals surface area contributed by atoms with Gasteiger partial charge in [0.1, 0.15) is 5.03 Å². The number of thioether (sulfide) groups is 1. The summed E-state index contributed by atoms with van der Waals surface area (Å²) in [4.78, 5) is 14.1. The molecule has 3 heterocycles. The number of hydrogen-bond acceptors (Lipinski definition) is 6. The molecule has 6 nitrogen and oxygen atoms in total. The molecule has 0 spiro atoms. The maximum Gasteiger partial charge on any atom is 0.233 e. The molecule has 3 aromatic heterocycles. The standard InChI is InChI=1S/C22H25N5OS2/c1-13(21(28)23-22-10-14-7-15(11-22)9-16(8-14)12-22)30-19-5-4-18-24-25-20(27(18)26-19)17-3-2-6-29-17/h2-6,13-16H,7-12H2,1H3,(H,23,28)/t13-,14-,15-,16-,22?/m1/s1. The monoisotopic (exact) mass is 439 g/mol. The number of hydrogen-bond donors (Lipinski definition) is 1. The van der Waals surface area contributed by atoms with Gasteiger partial charge in [0.15, 0.2) is 11.5 Å². The summed E-state index contributed by atoms with van der Waals surface area (Å²) >= 11 is 3.12. The van der Waals surface area contributed by atoms with Crippen LogP contribution in [0.3, 0.4) is 0 Å². The van der Waals surface area contributed by atoms with E-state index in [0.717, 1.165) is 33.5 Å². The topological polar surface area (TPSA) is 72.2 Å². The summed E-state index contributed by atoms with van der Waals surface area (Å²) in [6.07, 6.45) is 7.68. The normalized spacial score (nSPS) is 30.6. The number of rotatable bonds is 5. The summed E-state index contributed by atoms with van der Waals surface area (Å²) < 4.78 is 1.78. The Bertz CT molecular complexity index is 1060.